The second kappa shape index (κ2) is 7.59. The fourth-order valence-electron chi connectivity index (χ4n) is 1.80. The van der Waals surface area contributed by atoms with E-state index < -0.39 is 0 Å². The van der Waals surface area contributed by atoms with Crippen LogP contribution in [-0.4, -0.2) is 19.2 Å². The molecule has 0 unspecified atom stereocenters. The van der Waals surface area contributed by atoms with Crippen LogP contribution in [0.1, 0.15) is 11.1 Å². The third-order valence-corrected chi connectivity index (χ3v) is 3.29. The Balaban J connectivity index is 1.96. The normalized spacial score (nSPS) is 10.6. The fourth-order valence-corrected chi connectivity index (χ4v) is 2.18. The number of carbonyl (C=O) groups is 1. The van der Waals surface area contributed by atoms with Gasteiger partial charge in [-0.3, -0.25) is 4.79 Å². The Labute approximate surface area is 132 Å². The zero-order valence-corrected chi connectivity index (χ0v) is 13.1. The lowest BCUT2D eigenvalue weighted by Crippen LogP contribution is -2.19. The number of amides is 1. The van der Waals surface area contributed by atoms with Crippen LogP contribution in [0, 0.1) is 0 Å². The van der Waals surface area contributed by atoms with Gasteiger partial charge in [0.1, 0.15) is 5.75 Å². The van der Waals surface area contributed by atoms with Crippen molar-refractivity contribution in [3.63, 3.8) is 0 Å². The standard InChI is InChI=1S/C16H15BrN2O2/c1-21-15-8-7-14(17)10-13(15)11-18-19-16(20)9-12-5-3-2-4-6-12/h2-8,10-11H,9H2,1H3,(H,19,20)/b18-11-. The number of carbonyl (C=O) groups excluding carboxylic acids is 1. The van der Waals surface area contributed by atoms with Gasteiger partial charge in [-0.05, 0) is 23.8 Å². The first kappa shape index (κ1) is 15.3. The van der Waals surface area contributed by atoms with E-state index in [0.29, 0.717) is 12.2 Å². The zero-order valence-electron chi connectivity index (χ0n) is 11.5. The Bertz CT molecular complexity index is 642. The largest absolute Gasteiger partial charge is 0.496 e. The lowest BCUT2D eigenvalue weighted by atomic mass is 10.1. The van der Waals surface area contributed by atoms with Crippen LogP contribution >= 0.6 is 15.9 Å². The van der Waals surface area contributed by atoms with E-state index in [1.165, 1.54) is 0 Å². The van der Waals surface area contributed by atoms with Crippen molar-refractivity contribution in [2.24, 2.45) is 5.10 Å². The quantitative estimate of drug-likeness (QED) is 0.667. The molecule has 5 heteroatoms. The third kappa shape index (κ3) is 4.72. The Kier molecular flexibility index (Phi) is 5.51. The number of methoxy groups -OCH3 is 1. The van der Waals surface area contributed by atoms with E-state index in [1.54, 1.807) is 13.3 Å². The molecule has 2 aromatic carbocycles. The van der Waals surface area contributed by atoms with Gasteiger partial charge >= 0.3 is 0 Å². The molecule has 1 N–H and O–H groups in total. The Morgan fingerprint density at radius 2 is 2.05 bits per heavy atom. The van der Waals surface area contributed by atoms with Crippen molar-refractivity contribution < 1.29 is 9.53 Å². The monoisotopic (exact) mass is 346 g/mol. The average Bonchev–Trinajstić information content (AvgIpc) is 2.48. The number of hydrogen-bond donors (Lipinski definition) is 1. The van der Waals surface area contributed by atoms with E-state index in [2.05, 4.69) is 26.5 Å². The minimum absolute atomic E-state index is 0.161. The number of benzene rings is 2. The molecule has 0 aliphatic heterocycles. The van der Waals surface area contributed by atoms with Crippen molar-refractivity contribution in [3.05, 3.63) is 64.1 Å². The molecular formula is C16H15BrN2O2. The lowest BCUT2D eigenvalue weighted by Gasteiger charge is -2.04. The molecule has 4 nitrogen and oxygen atoms in total. The summed E-state index contributed by atoms with van der Waals surface area (Å²) in [5.74, 6) is 0.533. The molecule has 1 amide bonds. The number of hydrogen-bond acceptors (Lipinski definition) is 3. The van der Waals surface area contributed by atoms with Crippen molar-refractivity contribution >= 4 is 28.1 Å². The maximum Gasteiger partial charge on any atom is 0.244 e. The summed E-state index contributed by atoms with van der Waals surface area (Å²) in [4.78, 5) is 11.8. The predicted octanol–water partition coefficient (Wildman–Crippen LogP) is 3.15. The second-order valence-corrected chi connectivity index (χ2v) is 5.26. The molecule has 0 heterocycles. The first-order chi connectivity index (χ1) is 10.2. The number of rotatable bonds is 5. The maximum absolute atomic E-state index is 11.8. The molecule has 0 spiro atoms. The maximum atomic E-state index is 11.8. The molecule has 0 saturated carbocycles. The Morgan fingerprint density at radius 1 is 1.29 bits per heavy atom. The van der Waals surface area contributed by atoms with Gasteiger partial charge in [-0.2, -0.15) is 5.10 Å². The highest BCUT2D eigenvalue weighted by atomic mass is 79.9. The summed E-state index contributed by atoms with van der Waals surface area (Å²) in [5, 5.41) is 3.96. The lowest BCUT2D eigenvalue weighted by molar-refractivity contribution is -0.120. The van der Waals surface area contributed by atoms with E-state index in [4.69, 9.17) is 4.74 Å². The van der Waals surface area contributed by atoms with Gasteiger partial charge in [0.25, 0.3) is 0 Å². The summed E-state index contributed by atoms with van der Waals surface area (Å²) in [5.41, 5.74) is 4.24. The number of nitrogens with zero attached hydrogens (tertiary/aromatic N) is 1. The Hall–Kier alpha value is -2.14. The van der Waals surface area contributed by atoms with Crippen LogP contribution in [0.5, 0.6) is 5.75 Å². The van der Waals surface area contributed by atoms with Crippen molar-refractivity contribution in [2.75, 3.05) is 7.11 Å². The van der Waals surface area contributed by atoms with E-state index in [1.807, 2.05) is 48.5 Å². The summed E-state index contributed by atoms with van der Waals surface area (Å²) in [6.07, 6.45) is 1.86. The van der Waals surface area contributed by atoms with Gasteiger partial charge in [0.2, 0.25) is 5.91 Å². The van der Waals surface area contributed by atoms with E-state index in [9.17, 15) is 4.79 Å². The van der Waals surface area contributed by atoms with Crippen LogP contribution in [0.15, 0.2) is 58.1 Å². The number of ether oxygens (including phenoxy) is 1. The molecule has 108 valence electrons. The van der Waals surface area contributed by atoms with Crippen molar-refractivity contribution in [3.8, 4) is 5.75 Å². The molecule has 0 aromatic heterocycles. The number of halogens is 1. The summed E-state index contributed by atoms with van der Waals surface area (Å²) in [7, 11) is 1.59. The number of nitrogens with one attached hydrogen (secondary N) is 1. The van der Waals surface area contributed by atoms with Crippen LogP contribution in [0.3, 0.4) is 0 Å². The Morgan fingerprint density at radius 3 is 2.76 bits per heavy atom. The van der Waals surface area contributed by atoms with Crippen LogP contribution in [0.25, 0.3) is 0 Å². The summed E-state index contributed by atoms with van der Waals surface area (Å²) in [6, 6.07) is 15.1. The molecule has 0 aliphatic rings. The highest BCUT2D eigenvalue weighted by Crippen LogP contribution is 2.21. The summed E-state index contributed by atoms with van der Waals surface area (Å²) < 4.78 is 6.15. The van der Waals surface area contributed by atoms with E-state index in [-0.39, 0.29) is 5.91 Å². The van der Waals surface area contributed by atoms with E-state index in [0.717, 1.165) is 15.6 Å². The van der Waals surface area contributed by atoms with Crippen LogP contribution in [0.4, 0.5) is 0 Å². The van der Waals surface area contributed by atoms with Gasteiger partial charge in [0, 0.05) is 10.0 Å². The molecule has 2 aromatic rings. The van der Waals surface area contributed by atoms with Gasteiger partial charge in [0.05, 0.1) is 19.7 Å². The highest BCUT2D eigenvalue weighted by molar-refractivity contribution is 9.10. The van der Waals surface area contributed by atoms with Crippen LogP contribution in [0.2, 0.25) is 0 Å². The molecule has 2 rings (SSSR count). The van der Waals surface area contributed by atoms with Gasteiger partial charge < -0.3 is 4.74 Å². The highest BCUT2D eigenvalue weighted by Gasteiger charge is 2.03. The first-order valence-corrected chi connectivity index (χ1v) is 7.17. The molecular weight excluding hydrogens is 332 g/mol. The zero-order chi connectivity index (χ0) is 15.1. The molecule has 21 heavy (non-hydrogen) atoms. The van der Waals surface area contributed by atoms with Crippen LogP contribution < -0.4 is 10.2 Å². The minimum atomic E-state index is -0.161. The van der Waals surface area contributed by atoms with Gasteiger partial charge in [-0.1, -0.05) is 46.3 Å². The summed E-state index contributed by atoms with van der Waals surface area (Å²) >= 11 is 3.39. The van der Waals surface area contributed by atoms with Gasteiger partial charge in [0.15, 0.2) is 0 Å². The molecule has 0 radical (unpaired) electrons. The van der Waals surface area contributed by atoms with Crippen molar-refractivity contribution in [2.45, 2.75) is 6.42 Å². The van der Waals surface area contributed by atoms with Gasteiger partial charge in [-0.25, -0.2) is 5.43 Å². The van der Waals surface area contributed by atoms with E-state index >= 15 is 0 Å². The average molecular weight is 347 g/mol. The second-order valence-electron chi connectivity index (χ2n) is 4.34. The fraction of sp³-hybridized carbons (Fsp3) is 0.125. The predicted molar refractivity (Wildman–Crippen MR) is 86.6 cm³/mol. The van der Waals surface area contributed by atoms with Gasteiger partial charge in [-0.15, -0.1) is 0 Å². The minimum Gasteiger partial charge on any atom is -0.496 e. The molecule has 0 aliphatic carbocycles. The van der Waals surface area contributed by atoms with Crippen molar-refractivity contribution in [1.82, 2.24) is 5.43 Å². The third-order valence-electron chi connectivity index (χ3n) is 2.79. The molecule has 0 fully saturated rings. The summed E-state index contributed by atoms with van der Waals surface area (Å²) in [6.45, 7) is 0. The van der Waals surface area contributed by atoms with Crippen LogP contribution in [-0.2, 0) is 11.2 Å². The molecule has 0 saturated heterocycles. The topological polar surface area (TPSA) is 50.7 Å². The smallest absolute Gasteiger partial charge is 0.244 e. The van der Waals surface area contributed by atoms with Crippen molar-refractivity contribution in [1.29, 1.82) is 0 Å². The molecule has 0 atom stereocenters. The first-order valence-electron chi connectivity index (χ1n) is 6.38. The SMILES string of the molecule is COc1ccc(Br)cc1/C=N\NC(=O)Cc1ccccc1. The number of hydrazone groups is 1. The molecule has 0 bridgehead atoms.